The van der Waals surface area contributed by atoms with Crippen molar-refractivity contribution in [2.24, 2.45) is 0 Å². The average Bonchev–Trinajstić information content (AvgIpc) is 3.11. The molecule has 17 heavy (non-hydrogen) atoms. The minimum absolute atomic E-state index is 0.157. The quantitative estimate of drug-likeness (QED) is 0.790. The van der Waals surface area contributed by atoms with E-state index in [1.165, 1.54) is 18.4 Å². The molecule has 1 aromatic rings. The van der Waals surface area contributed by atoms with Gasteiger partial charge in [-0.1, -0.05) is 24.3 Å². The van der Waals surface area contributed by atoms with Crippen molar-refractivity contribution < 1.29 is 9.53 Å². The van der Waals surface area contributed by atoms with Gasteiger partial charge in [-0.15, -0.1) is 0 Å². The van der Waals surface area contributed by atoms with Crippen molar-refractivity contribution in [1.82, 2.24) is 5.32 Å². The Bertz CT molecular complexity index is 451. The largest absolute Gasteiger partial charge is 0.465 e. The predicted octanol–water partition coefficient (Wildman–Crippen LogP) is 1.93. The van der Waals surface area contributed by atoms with Crippen molar-refractivity contribution in [2.45, 2.75) is 31.2 Å². The van der Waals surface area contributed by atoms with Crippen LogP contribution in [0.2, 0.25) is 0 Å². The van der Waals surface area contributed by atoms with Gasteiger partial charge in [-0.05, 0) is 30.9 Å². The Morgan fingerprint density at radius 3 is 2.94 bits per heavy atom. The first-order valence-corrected chi connectivity index (χ1v) is 6.26. The van der Waals surface area contributed by atoms with E-state index in [1.807, 2.05) is 19.1 Å². The second kappa shape index (κ2) is 3.84. The third kappa shape index (κ3) is 1.65. The van der Waals surface area contributed by atoms with E-state index in [0.29, 0.717) is 12.0 Å². The van der Waals surface area contributed by atoms with Crippen molar-refractivity contribution in [3.63, 3.8) is 0 Å². The number of fused-ring (bicyclic) bond motifs is 2. The molecule has 1 unspecified atom stereocenters. The summed E-state index contributed by atoms with van der Waals surface area (Å²) in [5, 5.41) is 3.34. The van der Waals surface area contributed by atoms with Crippen LogP contribution in [0.5, 0.6) is 0 Å². The Morgan fingerprint density at radius 2 is 2.24 bits per heavy atom. The van der Waals surface area contributed by atoms with Gasteiger partial charge >= 0.3 is 5.97 Å². The second-order valence-electron chi connectivity index (χ2n) is 4.93. The first-order chi connectivity index (χ1) is 8.27. The number of benzene rings is 1. The highest BCUT2D eigenvalue weighted by Gasteiger charge is 2.49. The number of esters is 1. The van der Waals surface area contributed by atoms with Gasteiger partial charge in [0.05, 0.1) is 6.61 Å². The summed E-state index contributed by atoms with van der Waals surface area (Å²) in [5.41, 5.74) is 2.76. The Kier molecular flexibility index (Phi) is 2.44. The van der Waals surface area contributed by atoms with E-state index in [9.17, 15) is 4.79 Å². The minimum Gasteiger partial charge on any atom is -0.465 e. The topological polar surface area (TPSA) is 38.3 Å². The minimum atomic E-state index is -0.280. The fourth-order valence-electron chi connectivity index (χ4n) is 2.77. The van der Waals surface area contributed by atoms with Crippen LogP contribution < -0.4 is 5.32 Å². The van der Waals surface area contributed by atoms with Crippen molar-refractivity contribution in [1.29, 1.82) is 0 Å². The molecule has 1 saturated carbocycles. The Morgan fingerprint density at radius 1 is 1.47 bits per heavy atom. The van der Waals surface area contributed by atoms with Crippen molar-refractivity contribution >= 4 is 5.97 Å². The molecule has 0 aromatic heterocycles. The number of rotatable bonds is 2. The van der Waals surface area contributed by atoms with E-state index in [4.69, 9.17) is 4.74 Å². The maximum Gasteiger partial charge on any atom is 0.327 e. The molecule has 1 aliphatic heterocycles. The highest BCUT2D eigenvalue weighted by atomic mass is 16.5. The molecule has 0 radical (unpaired) electrons. The third-order valence-corrected chi connectivity index (χ3v) is 3.86. The van der Waals surface area contributed by atoms with Gasteiger partial charge in [0.25, 0.3) is 0 Å². The zero-order valence-electron chi connectivity index (χ0n) is 10.0. The summed E-state index contributed by atoms with van der Waals surface area (Å²) in [5.74, 6) is -0.157. The SMILES string of the molecule is CCOC(=O)C1NCC2(CC2)c2ccccc21. The summed E-state index contributed by atoms with van der Waals surface area (Å²) in [4.78, 5) is 11.9. The van der Waals surface area contributed by atoms with Crippen molar-refractivity contribution in [3.05, 3.63) is 35.4 Å². The predicted molar refractivity (Wildman–Crippen MR) is 64.7 cm³/mol. The number of nitrogens with one attached hydrogen (secondary N) is 1. The van der Waals surface area contributed by atoms with Crippen molar-refractivity contribution in [2.75, 3.05) is 13.2 Å². The maximum atomic E-state index is 11.9. The highest BCUT2D eigenvalue weighted by molar-refractivity contribution is 5.79. The summed E-state index contributed by atoms with van der Waals surface area (Å²) in [6.45, 7) is 3.17. The fraction of sp³-hybridized carbons (Fsp3) is 0.500. The number of hydrogen-bond acceptors (Lipinski definition) is 3. The van der Waals surface area contributed by atoms with E-state index in [0.717, 1.165) is 12.1 Å². The second-order valence-corrected chi connectivity index (χ2v) is 4.93. The molecule has 1 heterocycles. The van der Waals surface area contributed by atoms with Gasteiger partial charge < -0.3 is 4.74 Å². The normalized spacial score (nSPS) is 24.2. The summed E-state index contributed by atoms with van der Waals surface area (Å²) >= 11 is 0. The lowest BCUT2D eigenvalue weighted by Gasteiger charge is -2.31. The Balaban J connectivity index is 1.97. The van der Waals surface area contributed by atoms with Gasteiger partial charge in [0.2, 0.25) is 0 Å². The molecular weight excluding hydrogens is 214 g/mol. The lowest BCUT2D eigenvalue weighted by molar-refractivity contribution is -0.146. The van der Waals surface area contributed by atoms with Gasteiger partial charge in [-0.3, -0.25) is 5.32 Å². The van der Waals surface area contributed by atoms with E-state index < -0.39 is 0 Å². The van der Waals surface area contributed by atoms with E-state index >= 15 is 0 Å². The number of carbonyl (C=O) groups is 1. The van der Waals surface area contributed by atoms with Gasteiger partial charge in [0, 0.05) is 12.0 Å². The Labute approximate surface area is 101 Å². The summed E-state index contributed by atoms with van der Waals surface area (Å²) < 4.78 is 5.13. The number of hydrogen-bond donors (Lipinski definition) is 1. The highest BCUT2D eigenvalue weighted by Crippen LogP contribution is 2.52. The van der Waals surface area contributed by atoms with Crippen LogP contribution in [0.25, 0.3) is 0 Å². The van der Waals surface area contributed by atoms with Crippen LogP contribution in [0.4, 0.5) is 0 Å². The summed E-state index contributed by atoms with van der Waals surface area (Å²) in [6.07, 6.45) is 2.46. The molecule has 0 saturated heterocycles. The molecule has 3 heteroatoms. The molecule has 1 spiro atoms. The first kappa shape index (κ1) is 10.8. The molecule has 0 bridgehead atoms. The van der Waals surface area contributed by atoms with Gasteiger partial charge in [0.1, 0.15) is 6.04 Å². The van der Waals surface area contributed by atoms with Crippen LogP contribution >= 0.6 is 0 Å². The van der Waals surface area contributed by atoms with Crippen LogP contribution in [-0.4, -0.2) is 19.1 Å². The van der Waals surface area contributed by atoms with Crippen LogP contribution in [0.3, 0.4) is 0 Å². The summed E-state index contributed by atoms with van der Waals surface area (Å²) in [7, 11) is 0. The lowest BCUT2D eigenvalue weighted by atomic mass is 9.84. The zero-order chi connectivity index (χ0) is 11.9. The summed E-state index contributed by atoms with van der Waals surface area (Å²) in [6, 6.07) is 7.98. The zero-order valence-corrected chi connectivity index (χ0v) is 10.0. The third-order valence-electron chi connectivity index (χ3n) is 3.86. The number of ether oxygens (including phenoxy) is 1. The monoisotopic (exact) mass is 231 g/mol. The molecule has 1 aromatic carbocycles. The van der Waals surface area contributed by atoms with Crippen LogP contribution in [0.15, 0.2) is 24.3 Å². The van der Waals surface area contributed by atoms with E-state index in [2.05, 4.69) is 17.4 Å². The first-order valence-electron chi connectivity index (χ1n) is 6.26. The Hall–Kier alpha value is -1.35. The molecule has 90 valence electrons. The lowest BCUT2D eigenvalue weighted by Crippen LogP contribution is -2.41. The van der Waals surface area contributed by atoms with Crippen LogP contribution in [0, 0.1) is 0 Å². The smallest absolute Gasteiger partial charge is 0.327 e. The molecule has 3 rings (SSSR count). The van der Waals surface area contributed by atoms with Crippen molar-refractivity contribution in [3.8, 4) is 0 Å². The van der Waals surface area contributed by atoms with E-state index in [-0.39, 0.29) is 12.0 Å². The molecule has 1 N–H and O–H groups in total. The van der Waals surface area contributed by atoms with Gasteiger partial charge in [0.15, 0.2) is 0 Å². The van der Waals surface area contributed by atoms with Crippen LogP contribution in [0.1, 0.15) is 36.9 Å². The van der Waals surface area contributed by atoms with Gasteiger partial charge in [-0.25, -0.2) is 4.79 Å². The molecule has 2 aliphatic rings. The molecule has 0 amide bonds. The maximum absolute atomic E-state index is 11.9. The molecule has 1 atom stereocenters. The standard InChI is InChI=1S/C14H17NO2/c1-2-17-13(16)12-10-5-3-4-6-11(10)14(7-8-14)9-15-12/h3-6,12,15H,2,7-9H2,1H3. The van der Waals surface area contributed by atoms with Gasteiger partial charge in [-0.2, -0.15) is 0 Å². The molecule has 1 aliphatic carbocycles. The van der Waals surface area contributed by atoms with E-state index in [1.54, 1.807) is 0 Å². The average molecular weight is 231 g/mol. The van der Waals surface area contributed by atoms with Crippen LogP contribution in [-0.2, 0) is 14.9 Å². The molecule has 3 nitrogen and oxygen atoms in total. The molecular formula is C14H17NO2. The fourth-order valence-corrected chi connectivity index (χ4v) is 2.77. The molecule has 1 fully saturated rings. The number of carbonyl (C=O) groups excluding carboxylic acids is 1.